The smallest absolute Gasteiger partial charge is 0.240 e. The van der Waals surface area contributed by atoms with Gasteiger partial charge in [-0.15, -0.1) is 0 Å². The van der Waals surface area contributed by atoms with Gasteiger partial charge in [0.1, 0.15) is 19.0 Å². The van der Waals surface area contributed by atoms with Crippen LogP contribution in [0.25, 0.3) is 0 Å². The molecular formula is C17H18ClNO6S. The third kappa shape index (κ3) is 4.04. The maximum Gasteiger partial charge on any atom is 0.240 e. The fraction of sp³-hybridized carbons (Fsp3) is 0.294. The van der Waals surface area contributed by atoms with Gasteiger partial charge >= 0.3 is 0 Å². The molecule has 2 aromatic carbocycles. The van der Waals surface area contributed by atoms with Crippen molar-refractivity contribution in [1.29, 1.82) is 0 Å². The van der Waals surface area contributed by atoms with Crippen molar-refractivity contribution >= 4 is 21.6 Å². The largest absolute Gasteiger partial charge is 0.495 e. The zero-order valence-corrected chi connectivity index (χ0v) is 15.5. The van der Waals surface area contributed by atoms with Crippen LogP contribution >= 0.6 is 11.6 Å². The van der Waals surface area contributed by atoms with Crippen LogP contribution in [-0.2, 0) is 10.0 Å². The average Bonchev–Trinajstić information content (AvgIpc) is 2.65. The molecule has 0 unspecified atom stereocenters. The number of rotatable bonds is 6. The van der Waals surface area contributed by atoms with Crippen LogP contribution in [0.2, 0.25) is 5.02 Å². The predicted octanol–water partition coefficient (Wildman–Crippen LogP) is 2.13. The number of ether oxygens (including phenoxy) is 3. The topological polar surface area (TPSA) is 94.1 Å². The Morgan fingerprint density at radius 3 is 2.62 bits per heavy atom. The molecule has 0 aliphatic carbocycles. The minimum Gasteiger partial charge on any atom is -0.495 e. The van der Waals surface area contributed by atoms with Gasteiger partial charge in [0, 0.05) is 6.54 Å². The van der Waals surface area contributed by atoms with Crippen LogP contribution < -0.4 is 18.9 Å². The van der Waals surface area contributed by atoms with Gasteiger partial charge in [0.25, 0.3) is 0 Å². The van der Waals surface area contributed by atoms with Crippen LogP contribution in [0.5, 0.6) is 17.2 Å². The zero-order valence-electron chi connectivity index (χ0n) is 13.9. The Morgan fingerprint density at radius 2 is 1.92 bits per heavy atom. The molecule has 0 aromatic heterocycles. The summed E-state index contributed by atoms with van der Waals surface area (Å²) in [5, 5.41) is 10.5. The van der Waals surface area contributed by atoms with Gasteiger partial charge in [-0.05, 0) is 35.9 Å². The normalized spacial score (nSPS) is 14.7. The molecule has 0 amide bonds. The van der Waals surface area contributed by atoms with Crippen LogP contribution in [0.1, 0.15) is 11.7 Å². The Morgan fingerprint density at radius 1 is 1.19 bits per heavy atom. The van der Waals surface area contributed by atoms with Crippen LogP contribution in [0, 0.1) is 0 Å². The number of aliphatic hydroxyl groups is 1. The molecule has 3 rings (SSSR count). The molecule has 0 radical (unpaired) electrons. The summed E-state index contributed by atoms with van der Waals surface area (Å²) in [4.78, 5) is -0.0160. The Hall–Kier alpha value is -2.00. The maximum absolute atomic E-state index is 12.4. The second-order valence-electron chi connectivity index (χ2n) is 5.57. The fourth-order valence-electron chi connectivity index (χ4n) is 2.47. The summed E-state index contributed by atoms with van der Waals surface area (Å²) in [6.45, 7) is 0.697. The summed E-state index contributed by atoms with van der Waals surface area (Å²) in [5.41, 5.74) is 0.518. The SMILES string of the molecule is COc1ccc(S(=O)(=O)NC[C@@H](O)c2ccc3c(c2)OCCO3)cc1Cl. The molecule has 1 aliphatic heterocycles. The maximum atomic E-state index is 12.4. The Labute approximate surface area is 156 Å². The highest BCUT2D eigenvalue weighted by Crippen LogP contribution is 2.32. The van der Waals surface area contributed by atoms with Crippen molar-refractivity contribution in [2.45, 2.75) is 11.0 Å². The molecule has 9 heteroatoms. The Bertz CT molecular complexity index is 902. The summed E-state index contributed by atoms with van der Waals surface area (Å²) in [6, 6.07) is 9.12. The lowest BCUT2D eigenvalue weighted by molar-refractivity contribution is 0.165. The molecule has 0 spiro atoms. The average molecular weight is 400 g/mol. The van der Waals surface area contributed by atoms with E-state index in [0.717, 1.165) is 0 Å². The molecule has 2 aromatic rings. The number of hydrogen-bond donors (Lipinski definition) is 2. The lowest BCUT2D eigenvalue weighted by atomic mass is 10.1. The van der Waals surface area contributed by atoms with E-state index >= 15 is 0 Å². The van der Waals surface area contributed by atoms with Crippen LogP contribution in [0.15, 0.2) is 41.3 Å². The lowest BCUT2D eigenvalue weighted by Gasteiger charge is -2.20. The summed E-state index contributed by atoms with van der Waals surface area (Å²) in [6.07, 6.45) is -1.05. The number of aliphatic hydroxyl groups excluding tert-OH is 1. The van der Waals surface area contributed by atoms with Gasteiger partial charge in [-0.2, -0.15) is 0 Å². The molecule has 7 nitrogen and oxygen atoms in total. The molecule has 0 saturated carbocycles. The Balaban J connectivity index is 1.70. The van der Waals surface area contributed by atoms with E-state index in [-0.39, 0.29) is 16.5 Å². The third-order valence-electron chi connectivity index (χ3n) is 3.85. The van der Waals surface area contributed by atoms with Gasteiger partial charge in [0.15, 0.2) is 11.5 Å². The minimum absolute atomic E-state index is 0.0160. The first-order valence-corrected chi connectivity index (χ1v) is 9.67. The molecule has 1 heterocycles. The van der Waals surface area contributed by atoms with Gasteiger partial charge in [-0.1, -0.05) is 17.7 Å². The van der Waals surface area contributed by atoms with Crippen molar-refractivity contribution in [3.8, 4) is 17.2 Å². The Kier molecular flexibility index (Phi) is 5.57. The van der Waals surface area contributed by atoms with Crippen molar-refractivity contribution in [1.82, 2.24) is 4.72 Å². The number of benzene rings is 2. The molecule has 1 aliphatic rings. The number of hydrogen-bond acceptors (Lipinski definition) is 6. The number of nitrogens with one attached hydrogen (secondary N) is 1. The third-order valence-corrected chi connectivity index (χ3v) is 5.57. The van der Waals surface area contributed by atoms with E-state index in [1.54, 1.807) is 18.2 Å². The van der Waals surface area contributed by atoms with Gasteiger partial charge in [0.2, 0.25) is 10.0 Å². The van der Waals surface area contributed by atoms with E-state index in [1.807, 2.05) is 0 Å². The highest BCUT2D eigenvalue weighted by Gasteiger charge is 2.20. The summed E-state index contributed by atoms with van der Waals surface area (Å²) < 4.78 is 43.0. The van der Waals surface area contributed by atoms with Gasteiger partial charge in [-0.3, -0.25) is 0 Å². The zero-order chi connectivity index (χ0) is 18.7. The highest BCUT2D eigenvalue weighted by atomic mass is 35.5. The molecule has 2 N–H and O–H groups in total. The lowest BCUT2D eigenvalue weighted by Crippen LogP contribution is -2.28. The van der Waals surface area contributed by atoms with Gasteiger partial charge < -0.3 is 19.3 Å². The number of fused-ring (bicyclic) bond motifs is 1. The number of sulfonamides is 1. The standard InChI is InChI=1S/C17H18ClNO6S/c1-23-15-5-3-12(9-13(15)18)26(21,22)19-10-14(20)11-2-4-16-17(8-11)25-7-6-24-16/h2-5,8-9,14,19-20H,6-7,10H2,1H3/t14-/m1/s1. The van der Waals surface area contributed by atoms with Crippen LogP contribution in [0.3, 0.4) is 0 Å². The fourth-order valence-corrected chi connectivity index (χ4v) is 3.86. The van der Waals surface area contributed by atoms with E-state index in [0.29, 0.717) is 36.0 Å². The van der Waals surface area contributed by atoms with E-state index < -0.39 is 16.1 Å². The van der Waals surface area contributed by atoms with Crippen LogP contribution in [-0.4, -0.2) is 40.4 Å². The molecule has 140 valence electrons. The molecule has 0 fully saturated rings. The first-order chi connectivity index (χ1) is 12.4. The van der Waals surface area contributed by atoms with E-state index in [4.69, 9.17) is 25.8 Å². The summed E-state index contributed by atoms with van der Waals surface area (Å²) in [5.74, 6) is 1.50. The highest BCUT2D eigenvalue weighted by molar-refractivity contribution is 7.89. The van der Waals surface area contributed by atoms with E-state index in [2.05, 4.69) is 4.72 Å². The van der Waals surface area contributed by atoms with Crippen molar-refractivity contribution in [2.24, 2.45) is 0 Å². The summed E-state index contributed by atoms with van der Waals surface area (Å²) in [7, 11) is -2.39. The summed E-state index contributed by atoms with van der Waals surface area (Å²) >= 11 is 5.97. The molecular weight excluding hydrogens is 382 g/mol. The van der Waals surface area contributed by atoms with Gasteiger partial charge in [0.05, 0.1) is 23.1 Å². The van der Waals surface area contributed by atoms with Crippen molar-refractivity contribution in [3.05, 3.63) is 47.0 Å². The second-order valence-corrected chi connectivity index (χ2v) is 7.74. The molecule has 0 saturated heterocycles. The molecule has 0 bridgehead atoms. The predicted molar refractivity (Wildman–Crippen MR) is 95.6 cm³/mol. The number of methoxy groups -OCH3 is 1. The monoisotopic (exact) mass is 399 g/mol. The van der Waals surface area contributed by atoms with Crippen molar-refractivity contribution < 1.29 is 27.7 Å². The first-order valence-electron chi connectivity index (χ1n) is 7.81. The molecule has 26 heavy (non-hydrogen) atoms. The van der Waals surface area contributed by atoms with Crippen LogP contribution in [0.4, 0.5) is 0 Å². The van der Waals surface area contributed by atoms with E-state index in [9.17, 15) is 13.5 Å². The van der Waals surface area contributed by atoms with Gasteiger partial charge in [-0.25, -0.2) is 13.1 Å². The van der Waals surface area contributed by atoms with E-state index in [1.165, 1.54) is 25.3 Å². The van der Waals surface area contributed by atoms with Crippen molar-refractivity contribution in [3.63, 3.8) is 0 Å². The second kappa shape index (κ2) is 7.71. The quantitative estimate of drug-likeness (QED) is 0.772. The first kappa shape index (κ1) is 18.8. The van der Waals surface area contributed by atoms with Crippen molar-refractivity contribution in [2.75, 3.05) is 26.9 Å². The molecule has 1 atom stereocenters. The minimum atomic E-state index is -3.83. The number of halogens is 1.